The Bertz CT molecular complexity index is 749. The predicted octanol–water partition coefficient (Wildman–Crippen LogP) is 3.91. The lowest BCUT2D eigenvalue weighted by Gasteiger charge is -2.12. The first kappa shape index (κ1) is 10.5. The fourth-order valence-corrected chi connectivity index (χ4v) is 3.04. The SMILES string of the molecule is O=C1C=CC2=C(c3ccccc3)Cc3cccc1c32. The molecule has 0 N–H and O–H groups in total. The van der Waals surface area contributed by atoms with Gasteiger partial charge in [-0.1, -0.05) is 54.6 Å². The third-order valence-corrected chi connectivity index (χ3v) is 3.90. The van der Waals surface area contributed by atoms with Gasteiger partial charge in [0.1, 0.15) is 0 Å². The van der Waals surface area contributed by atoms with E-state index in [9.17, 15) is 4.79 Å². The molecule has 0 atom stereocenters. The number of benzene rings is 2. The van der Waals surface area contributed by atoms with E-state index in [0.29, 0.717) is 0 Å². The molecule has 0 unspecified atom stereocenters. The molecule has 90 valence electrons. The molecule has 4 rings (SSSR count). The lowest BCUT2D eigenvalue weighted by atomic mass is 9.90. The Morgan fingerprint density at radius 2 is 1.68 bits per heavy atom. The third kappa shape index (κ3) is 1.45. The standard InChI is InChI=1S/C18H12O/c19-17-10-9-14-16(12-5-2-1-3-6-12)11-13-7-4-8-15(17)18(13)14/h1-10H,11H2. The lowest BCUT2D eigenvalue weighted by Crippen LogP contribution is -2.04. The van der Waals surface area contributed by atoms with E-state index in [-0.39, 0.29) is 5.78 Å². The molecule has 0 spiro atoms. The molecule has 2 aromatic rings. The van der Waals surface area contributed by atoms with Crippen LogP contribution in [0.1, 0.15) is 27.0 Å². The molecule has 0 saturated heterocycles. The minimum atomic E-state index is 0.120. The van der Waals surface area contributed by atoms with E-state index in [1.165, 1.54) is 22.3 Å². The van der Waals surface area contributed by atoms with Crippen molar-refractivity contribution in [3.8, 4) is 0 Å². The molecule has 1 nitrogen and oxygen atoms in total. The Morgan fingerprint density at radius 1 is 0.842 bits per heavy atom. The van der Waals surface area contributed by atoms with Crippen LogP contribution in [0.2, 0.25) is 0 Å². The van der Waals surface area contributed by atoms with Crippen LogP contribution in [0.25, 0.3) is 11.1 Å². The Balaban J connectivity index is 1.99. The highest BCUT2D eigenvalue weighted by molar-refractivity contribution is 6.17. The largest absolute Gasteiger partial charge is 0.289 e. The van der Waals surface area contributed by atoms with E-state index in [1.807, 2.05) is 24.3 Å². The van der Waals surface area contributed by atoms with Gasteiger partial charge in [-0.3, -0.25) is 4.79 Å². The Hall–Kier alpha value is -2.41. The average molecular weight is 244 g/mol. The minimum Gasteiger partial charge on any atom is -0.289 e. The highest BCUT2D eigenvalue weighted by atomic mass is 16.1. The summed E-state index contributed by atoms with van der Waals surface area (Å²) in [4.78, 5) is 11.9. The van der Waals surface area contributed by atoms with Gasteiger partial charge in [-0.2, -0.15) is 0 Å². The van der Waals surface area contributed by atoms with E-state index in [1.54, 1.807) is 6.08 Å². The molecule has 2 aliphatic carbocycles. The first-order valence-corrected chi connectivity index (χ1v) is 6.48. The third-order valence-electron chi connectivity index (χ3n) is 3.90. The second-order valence-corrected chi connectivity index (χ2v) is 4.97. The van der Waals surface area contributed by atoms with E-state index in [4.69, 9.17) is 0 Å². The maximum absolute atomic E-state index is 11.9. The van der Waals surface area contributed by atoms with Crippen LogP contribution in [-0.4, -0.2) is 5.78 Å². The van der Waals surface area contributed by atoms with Gasteiger partial charge in [0.05, 0.1) is 0 Å². The molecule has 2 aromatic carbocycles. The van der Waals surface area contributed by atoms with Gasteiger partial charge in [-0.25, -0.2) is 0 Å². The van der Waals surface area contributed by atoms with Gasteiger partial charge in [0.2, 0.25) is 0 Å². The summed E-state index contributed by atoms with van der Waals surface area (Å²) in [6, 6.07) is 16.5. The molecule has 19 heavy (non-hydrogen) atoms. The average Bonchev–Trinajstić information content (AvgIpc) is 2.84. The van der Waals surface area contributed by atoms with E-state index >= 15 is 0 Å². The van der Waals surface area contributed by atoms with Crippen LogP contribution in [-0.2, 0) is 6.42 Å². The number of ketones is 1. The minimum absolute atomic E-state index is 0.120. The number of rotatable bonds is 1. The summed E-state index contributed by atoms with van der Waals surface area (Å²) in [5.74, 6) is 0.120. The van der Waals surface area contributed by atoms with Crippen LogP contribution in [0.3, 0.4) is 0 Å². The fourth-order valence-electron chi connectivity index (χ4n) is 3.04. The van der Waals surface area contributed by atoms with Crippen molar-refractivity contribution in [3.05, 3.63) is 82.9 Å². The van der Waals surface area contributed by atoms with Gasteiger partial charge in [-0.05, 0) is 40.3 Å². The molecule has 0 fully saturated rings. The number of carbonyl (C=O) groups excluding carboxylic acids is 1. The Morgan fingerprint density at radius 3 is 2.53 bits per heavy atom. The maximum Gasteiger partial charge on any atom is 0.186 e. The van der Waals surface area contributed by atoms with Gasteiger partial charge >= 0.3 is 0 Å². The number of allylic oxidation sites excluding steroid dienone is 4. The van der Waals surface area contributed by atoms with Gasteiger partial charge in [0, 0.05) is 5.56 Å². The highest BCUT2D eigenvalue weighted by Crippen LogP contribution is 2.42. The fraction of sp³-hybridized carbons (Fsp3) is 0.0556. The van der Waals surface area contributed by atoms with E-state index in [0.717, 1.165) is 17.5 Å². The van der Waals surface area contributed by atoms with Crippen molar-refractivity contribution in [1.82, 2.24) is 0 Å². The van der Waals surface area contributed by atoms with Crippen LogP contribution < -0.4 is 0 Å². The smallest absolute Gasteiger partial charge is 0.186 e. The molecule has 0 saturated carbocycles. The molecule has 0 heterocycles. The molecule has 0 radical (unpaired) electrons. The van der Waals surface area contributed by atoms with Crippen molar-refractivity contribution in [2.24, 2.45) is 0 Å². The quantitative estimate of drug-likeness (QED) is 0.743. The Kier molecular flexibility index (Phi) is 2.10. The van der Waals surface area contributed by atoms with Crippen molar-refractivity contribution in [2.45, 2.75) is 6.42 Å². The second kappa shape index (κ2) is 3.79. The zero-order valence-electron chi connectivity index (χ0n) is 10.4. The van der Waals surface area contributed by atoms with Gasteiger partial charge in [-0.15, -0.1) is 0 Å². The van der Waals surface area contributed by atoms with Gasteiger partial charge < -0.3 is 0 Å². The molecule has 0 amide bonds. The van der Waals surface area contributed by atoms with Gasteiger partial charge in [0.15, 0.2) is 5.78 Å². The van der Waals surface area contributed by atoms with Crippen LogP contribution in [0.4, 0.5) is 0 Å². The molecule has 0 aliphatic heterocycles. The van der Waals surface area contributed by atoms with Crippen molar-refractivity contribution in [2.75, 3.05) is 0 Å². The summed E-state index contributed by atoms with van der Waals surface area (Å²) in [5.41, 5.74) is 7.06. The summed E-state index contributed by atoms with van der Waals surface area (Å²) in [5, 5.41) is 0. The van der Waals surface area contributed by atoms with Crippen LogP contribution in [0, 0.1) is 0 Å². The van der Waals surface area contributed by atoms with Crippen molar-refractivity contribution in [1.29, 1.82) is 0 Å². The molecular formula is C18H12O. The first-order chi connectivity index (χ1) is 9.34. The highest BCUT2D eigenvalue weighted by Gasteiger charge is 2.27. The first-order valence-electron chi connectivity index (χ1n) is 6.48. The predicted molar refractivity (Wildman–Crippen MR) is 76.9 cm³/mol. The molecule has 0 aromatic heterocycles. The van der Waals surface area contributed by atoms with E-state index < -0.39 is 0 Å². The zero-order chi connectivity index (χ0) is 12.8. The molecule has 2 aliphatic rings. The molecular weight excluding hydrogens is 232 g/mol. The number of hydrogen-bond acceptors (Lipinski definition) is 1. The topological polar surface area (TPSA) is 17.1 Å². The summed E-state index contributed by atoms with van der Waals surface area (Å²) in [6.07, 6.45) is 4.58. The Labute approximate surface area is 111 Å². The zero-order valence-corrected chi connectivity index (χ0v) is 10.4. The van der Waals surface area contributed by atoms with Crippen LogP contribution in [0.15, 0.2) is 60.7 Å². The summed E-state index contributed by atoms with van der Waals surface area (Å²) >= 11 is 0. The van der Waals surface area contributed by atoms with Crippen LogP contribution >= 0.6 is 0 Å². The molecule has 1 heteroatoms. The van der Waals surface area contributed by atoms with E-state index in [2.05, 4.69) is 30.3 Å². The number of hydrogen-bond donors (Lipinski definition) is 0. The van der Waals surface area contributed by atoms with Crippen molar-refractivity contribution in [3.63, 3.8) is 0 Å². The summed E-state index contributed by atoms with van der Waals surface area (Å²) < 4.78 is 0. The van der Waals surface area contributed by atoms with Gasteiger partial charge in [0.25, 0.3) is 0 Å². The monoisotopic (exact) mass is 244 g/mol. The number of carbonyl (C=O) groups is 1. The van der Waals surface area contributed by atoms with Crippen LogP contribution in [0.5, 0.6) is 0 Å². The van der Waals surface area contributed by atoms with Crippen molar-refractivity contribution < 1.29 is 4.79 Å². The van der Waals surface area contributed by atoms with Crippen molar-refractivity contribution >= 4 is 16.9 Å². The second-order valence-electron chi connectivity index (χ2n) is 4.97. The molecule has 0 bridgehead atoms. The summed E-state index contributed by atoms with van der Waals surface area (Å²) in [7, 11) is 0. The normalized spacial score (nSPS) is 15.9. The lowest BCUT2D eigenvalue weighted by molar-refractivity contribution is 0.104. The summed E-state index contributed by atoms with van der Waals surface area (Å²) in [6.45, 7) is 0. The maximum atomic E-state index is 11.9.